The third kappa shape index (κ3) is 4.86. The van der Waals surface area contributed by atoms with Crippen molar-refractivity contribution in [2.75, 3.05) is 13.1 Å². The van der Waals surface area contributed by atoms with Crippen LogP contribution in [-0.4, -0.2) is 33.9 Å². The number of carbonyl (C=O) groups excluding carboxylic acids is 1. The highest BCUT2D eigenvalue weighted by Gasteiger charge is 2.31. The average Bonchev–Trinajstić information content (AvgIpc) is 3.29. The predicted octanol–water partition coefficient (Wildman–Crippen LogP) is 4.06. The van der Waals surface area contributed by atoms with Gasteiger partial charge in [0.05, 0.1) is 6.04 Å². The summed E-state index contributed by atoms with van der Waals surface area (Å²) in [6, 6.07) is 12.0. The van der Waals surface area contributed by atoms with Crippen LogP contribution in [0, 0.1) is 11.7 Å². The number of nitrogens with one attached hydrogen (secondary N) is 1. The maximum Gasteiger partial charge on any atom is 0.270 e. The minimum atomic E-state index is -0.197. The topological polar surface area (TPSA) is 58.1 Å². The molecule has 1 aromatic carbocycles. The molecule has 2 atom stereocenters. The number of hydrogen-bond donors (Lipinski definition) is 1. The van der Waals surface area contributed by atoms with Gasteiger partial charge in [0.2, 0.25) is 0 Å². The van der Waals surface area contributed by atoms with Crippen LogP contribution in [0.3, 0.4) is 0 Å². The van der Waals surface area contributed by atoms with Crippen LogP contribution in [0.2, 0.25) is 0 Å². The fourth-order valence-corrected chi connectivity index (χ4v) is 4.64. The molecule has 0 spiro atoms. The molecule has 1 fully saturated rings. The zero-order valence-corrected chi connectivity index (χ0v) is 16.8. The first-order chi connectivity index (χ1) is 14.2. The Morgan fingerprint density at radius 2 is 2.07 bits per heavy atom. The first kappa shape index (κ1) is 19.7. The summed E-state index contributed by atoms with van der Waals surface area (Å²) >= 11 is 1.54. The maximum atomic E-state index is 14.1. The molecule has 150 valence electrons. The van der Waals surface area contributed by atoms with Gasteiger partial charge in [0.15, 0.2) is 0 Å². The molecular weight excluding hydrogens is 387 g/mol. The van der Waals surface area contributed by atoms with Crippen molar-refractivity contribution in [3.8, 4) is 0 Å². The summed E-state index contributed by atoms with van der Waals surface area (Å²) in [6.45, 7) is 2.27. The summed E-state index contributed by atoms with van der Waals surface area (Å²) in [7, 11) is 0. The highest BCUT2D eigenvalue weighted by Crippen LogP contribution is 2.32. The second-order valence-corrected chi connectivity index (χ2v) is 8.19. The first-order valence-electron chi connectivity index (χ1n) is 9.78. The van der Waals surface area contributed by atoms with E-state index in [4.69, 9.17) is 0 Å². The number of thiazole rings is 1. The van der Waals surface area contributed by atoms with Crippen LogP contribution in [0.4, 0.5) is 4.39 Å². The number of amides is 1. The molecule has 1 aliphatic rings. The predicted molar refractivity (Wildman–Crippen MR) is 111 cm³/mol. The smallest absolute Gasteiger partial charge is 0.270 e. The SMILES string of the molecule is O=C(N[C@@H](c1nccs1)[C@@H]1CCCN(Cc2ccccc2F)C1)c1ccccn1. The van der Waals surface area contributed by atoms with Crippen molar-refractivity contribution in [3.63, 3.8) is 0 Å². The van der Waals surface area contributed by atoms with Crippen molar-refractivity contribution in [2.24, 2.45) is 5.92 Å². The first-order valence-corrected chi connectivity index (χ1v) is 10.7. The van der Waals surface area contributed by atoms with Crippen LogP contribution in [0.1, 0.15) is 39.9 Å². The fraction of sp³-hybridized carbons (Fsp3) is 0.318. The van der Waals surface area contributed by atoms with Gasteiger partial charge in [-0.1, -0.05) is 24.3 Å². The number of hydrogen-bond acceptors (Lipinski definition) is 5. The number of nitrogens with zero attached hydrogens (tertiary/aromatic N) is 3. The van der Waals surface area contributed by atoms with Crippen molar-refractivity contribution in [3.05, 3.63) is 82.3 Å². The molecular formula is C22H23FN4OS. The van der Waals surface area contributed by atoms with E-state index in [-0.39, 0.29) is 23.7 Å². The molecule has 0 aliphatic carbocycles. The number of likely N-dealkylation sites (tertiary alicyclic amines) is 1. The lowest BCUT2D eigenvalue weighted by atomic mass is 9.90. The van der Waals surface area contributed by atoms with Crippen LogP contribution in [-0.2, 0) is 6.54 Å². The molecule has 0 unspecified atom stereocenters. The summed E-state index contributed by atoms with van der Waals surface area (Å²) in [4.78, 5) is 23.6. The van der Waals surface area contributed by atoms with Crippen molar-refractivity contribution in [2.45, 2.75) is 25.4 Å². The van der Waals surface area contributed by atoms with E-state index >= 15 is 0 Å². The van der Waals surface area contributed by atoms with Gasteiger partial charge in [-0.25, -0.2) is 9.37 Å². The fourth-order valence-electron chi connectivity index (χ4n) is 3.86. The van der Waals surface area contributed by atoms with E-state index in [1.165, 1.54) is 6.07 Å². The van der Waals surface area contributed by atoms with Crippen molar-refractivity contribution >= 4 is 17.2 Å². The number of benzene rings is 1. The van der Waals surface area contributed by atoms with Crippen LogP contribution >= 0.6 is 11.3 Å². The Morgan fingerprint density at radius 1 is 1.21 bits per heavy atom. The summed E-state index contributed by atoms with van der Waals surface area (Å²) in [5.41, 5.74) is 1.10. The van der Waals surface area contributed by atoms with E-state index in [1.807, 2.05) is 17.5 Å². The number of aromatic nitrogens is 2. The summed E-state index contributed by atoms with van der Waals surface area (Å²) < 4.78 is 14.1. The number of halogens is 1. The normalized spacial score (nSPS) is 18.3. The van der Waals surface area contributed by atoms with Crippen LogP contribution in [0.25, 0.3) is 0 Å². The van der Waals surface area contributed by atoms with Gasteiger partial charge in [-0.05, 0) is 43.5 Å². The molecule has 2 aromatic heterocycles. The largest absolute Gasteiger partial charge is 0.341 e. The Labute approximate surface area is 173 Å². The molecule has 0 saturated carbocycles. The lowest BCUT2D eigenvalue weighted by Gasteiger charge is -2.36. The van der Waals surface area contributed by atoms with Crippen molar-refractivity contribution < 1.29 is 9.18 Å². The van der Waals surface area contributed by atoms with E-state index in [2.05, 4.69) is 20.2 Å². The number of carbonyl (C=O) groups is 1. The highest BCUT2D eigenvalue weighted by atomic mass is 32.1. The monoisotopic (exact) mass is 410 g/mol. The van der Waals surface area contributed by atoms with Crippen LogP contribution in [0.15, 0.2) is 60.2 Å². The Balaban J connectivity index is 1.50. The maximum absolute atomic E-state index is 14.1. The van der Waals surface area contributed by atoms with Crippen LogP contribution in [0.5, 0.6) is 0 Å². The number of piperidine rings is 1. The van der Waals surface area contributed by atoms with Gasteiger partial charge in [0.25, 0.3) is 5.91 Å². The van der Waals surface area contributed by atoms with E-state index < -0.39 is 0 Å². The molecule has 1 amide bonds. The molecule has 1 aliphatic heterocycles. The average molecular weight is 411 g/mol. The van der Waals surface area contributed by atoms with Crippen molar-refractivity contribution in [1.82, 2.24) is 20.2 Å². The molecule has 0 radical (unpaired) electrons. The molecule has 7 heteroatoms. The van der Waals surface area contributed by atoms with Crippen molar-refractivity contribution in [1.29, 1.82) is 0 Å². The second-order valence-electron chi connectivity index (χ2n) is 7.27. The third-order valence-corrected chi connectivity index (χ3v) is 6.13. The minimum Gasteiger partial charge on any atom is -0.341 e. The Hall–Kier alpha value is -2.64. The Kier molecular flexibility index (Phi) is 6.27. The quantitative estimate of drug-likeness (QED) is 0.666. The lowest BCUT2D eigenvalue weighted by Crippen LogP contribution is -2.43. The van der Waals surface area contributed by atoms with Gasteiger partial charge in [-0.2, -0.15) is 0 Å². The molecule has 1 saturated heterocycles. The van der Waals surface area contributed by atoms with Gasteiger partial charge in [0, 0.05) is 36.4 Å². The summed E-state index contributed by atoms with van der Waals surface area (Å²) in [6.07, 6.45) is 5.37. The number of rotatable bonds is 6. The van der Waals surface area contributed by atoms with E-state index in [1.54, 1.807) is 48.0 Å². The van der Waals surface area contributed by atoms with E-state index in [0.29, 0.717) is 17.8 Å². The molecule has 0 bridgehead atoms. The molecule has 1 N–H and O–H groups in total. The van der Waals surface area contributed by atoms with Gasteiger partial charge in [0.1, 0.15) is 16.5 Å². The van der Waals surface area contributed by atoms with Gasteiger partial charge >= 0.3 is 0 Å². The third-order valence-electron chi connectivity index (χ3n) is 5.27. The zero-order chi connectivity index (χ0) is 20.1. The zero-order valence-electron chi connectivity index (χ0n) is 16.0. The van der Waals surface area contributed by atoms with Gasteiger partial charge in [-0.15, -0.1) is 11.3 Å². The lowest BCUT2D eigenvalue weighted by molar-refractivity contribution is 0.0872. The molecule has 3 aromatic rings. The Bertz CT molecular complexity index is 935. The van der Waals surface area contributed by atoms with Crippen LogP contribution < -0.4 is 5.32 Å². The molecule has 5 nitrogen and oxygen atoms in total. The van der Waals surface area contributed by atoms with E-state index in [9.17, 15) is 9.18 Å². The number of pyridine rings is 1. The molecule has 4 rings (SSSR count). The van der Waals surface area contributed by atoms with Gasteiger partial charge in [-0.3, -0.25) is 14.7 Å². The second kappa shape index (κ2) is 9.24. The molecule has 3 heterocycles. The Morgan fingerprint density at radius 3 is 2.83 bits per heavy atom. The van der Waals surface area contributed by atoms with E-state index in [0.717, 1.165) is 30.9 Å². The minimum absolute atomic E-state index is 0.172. The summed E-state index contributed by atoms with van der Waals surface area (Å²) in [5, 5.41) is 5.97. The molecule has 29 heavy (non-hydrogen) atoms. The summed E-state index contributed by atoms with van der Waals surface area (Å²) in [5.74, 6) is -0.166. The highest BCUT2D eigenvalue weighted by molar-refractivity contribution is 7.09. The van der Waals surface area contributed by atoms with Gasteiger partial charge < -0.3 is 5.32 Å². The standard InChI is InChI=1S/C22H23FN4OS/c23-18-8-2-1-6-16(18)14-27-12-5-7-17(15-27)20(22-25-11-13-29-22)26-21(28)19-9-3-4-10-24-19/h1-4,6,8-11,13,17,20H,5,7,12,14-15H2,(H,26,28)/t17-,20-/m1/s1.